The summed E-state index contributed by atoms with van der Waals surface area (Å²) in [5.74, 6) is 1.66. The van der Waals surface area contributed by atoms with Gasteiger partial charge in [0.1, 0.15) is 10.5 Å². The summed E-state index contributed by atoms with van der Waals surface area (Å²) in [6.07, 6.45) is 2.18. The quantitative estimate of drug-likeness (QED) is 0.776. The molecule has 0 saturated heterocycles. The monoisotopic (exact) mass is 222 g/mol. The van der Waals surface area contributed by atoms with Crippen molar-refractivity contribution < 1.29 is 0 Å². The highest BCUT2D eigenvalue weighted by Crippen LogP contribution is 2.57. The Morgan fingerprint density at radius 2 is 2.13 bits per heavy atom. The largest absolute Gasteiger partial charge is 0.347 e. The first-order chi connectivity index (χ1) is 6.95. The van der Waals surface area contributed by atoms with Crippen molar-refractivity contribution >= 4 is 12.2 Å². The maximum Gasteiger partial charge on any atom is 0.133 e. The SMILES string of the molecule is CCc1c(C)[nH]c(C2CC2(C)C)nc1=S. The van der Waals surface area contributed by atoms with Crippen molar-refractivity contribution in [2.45, 2.75) is 46.5 Å². The van der Waals surface area contributed by atoms with Gasteiger partial charge in [-0.15, -0.1) is 0 Å². The third kappa shape index (κ3) is 1.85. The highest BCUT2D eigenvalue weighted by atomic mass is 32.1. The molecule has 1 aliphatic rings. The molecule has 0 aromatic carbocycles. The minimum atomic E-state index is 0.408. The Morgan fingerprint density at radius 3 is 2.53 bits per heavy atom. The zero-order chi connectivity index (χ0) is 11.2. The fraction of sp³-hybridized carbons (Fsp3) is 0.667. The Labute approximate surface area is 96.1 Å². The van der Waals surface area contributed by atoms with Gasteiger partial charge in [-0.3, -0.25) is 0 Å². The predicted octanol–water partition coefficient (Wildman–Crippen LogP) is 3.52. The second-order valence-electron chi connectivity index (χ2n) is 5.13. The molecule has 0 bridgehead atoms. The molecule has 1 atom stereocenters. The van der Waals surface area contributed by atoms with Gasteiger partial charge in [-0.2, -0.15) is 0 Å². The highest BCUT2D eigenvalue weighted by molar-refractivity contribution is 7.71. The third-order valence-electron chi connectivity index (χ3n) is 3.45. The number of H-pyrrole nitrogens is 1. The van der Waals surface area contributed by atoms with E-state index in [4.69, 9.17) is 12.2 Å². The fourth-order valence-electron chi connectivity index (χ4n) is 2.15. The van der Waals surface area contributed by atoms with E-state index in [0.29, 0.717) is 11.3 Å². The summed E-state index contributed by atoms with van der Waals surface area (Å²) < 4.78 is 0.784. The maximum absolute atomic E-state index is 5.32. The third-order valence-corrected chi connectivity index (χ3v) is 3.78. The number of nitrogens with one attached hydrogen (secondary N) is 1. The van der Waals surface area contributed by atoms with Crippen LogP contribution in [-0.2, 0) is 6.42 Å². The van der Waals surface area contributed by atoms with E-state index in [1.807, 2.05) is 0 Å². The molecule has 1 saturated carbocycles. The van der Waals surface area contributed by atoms with Gasteiger partial charge in [0.25, 0.3) is 0 Å². The lowest BCUT2D eigenvalue weighted by Crippen LogP contribution is -2.03. The molecule has 1 N–H and O–H groups in total. The molecule has 1 aromatic rings. The number of aryl methyl sites for hydroxylation is 1. The van der Waals surface area contributed by atoms with E-state index < -0.39 is 0 Å². The van der Waals surface area contributed by atoms with Gasteiger partial charge in [-0.05, 0) is 25.2 Å². The van der Waals surface area contributed by atoms with Gasteiger partial charge < -0.3 is 4.98 Å². The molecule has 2 nitrogen and oxygen atoms in total. The van der Waals surface area contributed by atoms with Gasteiger partial charge in [0.2, 0.25) is 0 Å². The van der Waals surface area contributed by atoms with Crippen molar-refractivity contribution in [1.29, 1.82) is 0 Å². The first kappa shape index (κ1) is 10.8. The summed E-state index contributed by atoms with van der Waals surface area (Å²) in [6.45, 7) is 8.77. The Bertz CT molecular complexity index is 445. The summed E-state index contributed by atoms with van der Waals surface area (Å²) in [4.78, 5) is 7.93. The molecule has 0 spiro atoms. The molecule has 82 valence electrons. The second-order valence-corrected chi connectivity index (χ2v) is 5.52. The van der Waals surface area contributed by atoms with Crippen molar-refractivity contribution in [2.75, 3.05) is 0 Å². The molecular weight excluding hydrogens is 204 g/mol. The van der Waals surface area contributed by atoms with E-state index in [1.165, 1.54) is 17.7 Å². The summed E-state index contributed by atoms with van der Waals surface area (Å²) in [7, 11) is 0. The molecule has 1 fully saturated rings. The van der Waals surface area contributed by atoms with Crippen LogP contribution in [0.15, 0.2) is 0 Å². The average molecular weight is 222 g/mol. The van der Waals surface area contributed by atoms with Crippen LogP contribution < -0.4 is 0 Å². The van der Waals surface area contributed by atoms with E-state index in [2.05, 4.69) is 37.7 Å². The molecule has 0 amide bonds. The lowest BCUT2D eigenvalue weighted by atomic mass is 10.1. The van der Waals surface area contributed by atoms with Crippen molar-refractivity contribution in [1.82, 2.24) is 9.97 Å². The van der Waals surface area contributed by atoms with Crippen LogP contribution in [0.3, 0.4) is 0 Å². The number of nitrogens with zero attached hydrogens (tertiary/aromatic N) is 1. The van der Waals surface area contributed by atoms with Crippen molar-refractivity contribution in [3.8, 4) is 0 Å². The Kier molecular flexibility index (Phi) is 2.45. The fourth-order valence-corrected chi connectivity index (χ4v) is 2.54. The summed E-state index contributed by atoms with van der Waals surface area (Å²) >= 11 is 5.32. The second kappa shape index (κ2) is 3.41. The van der Waals surface area contributed by atoms with E-state index >= 15 is 0 Å². The van der Waals surface area contributed by atoms with Crippen molar-refractivity contribution in [3.63, 3.8) is 0 Å². The minimum absolute atomic E-state index is 0.408. The highest BCUT2D eigenvalue weighted by Gasteiger charge is 2.48. The van der Waals surface area contributed by atoms with Crippen LogP contribution in [0.4, 0.5) is 0 Å². The van der Waals surface area contributed by atoms with Crippen LogP contribution in [0, 0.1) is 17.0 Å². The Morgan fingerprint density at radius 1 is 1.53 bits per heavy atom. The molecular formula is C12H18N2S. The molecule has 2 rings (SSSR count). The van der Waals surface area contributed by atoms with Crippen LogP contribution in [0.2, 0.25) is 0 Å². The zero-order valence-electron chi connectivity index (χ0n) is 9.85. The number of aromatic amines is 1. The number of hydrogen-bond acceptors (Lipinski definition) is 2. The Hall–Kier alpha value is -0.700. The van der Waals surface area contributed by atoms with E-state index in [1.54, 1.807) is 0 Å². The van der Waals surface area contributed by atoms with Gasteiger partial charge in [-0.1, -0.05) is 33.0 Å². The number of rotatable bonds is 2. The molecule has 3 heteroatoms. The van der Waals surface area contributed by atoms with Gasteiger partial charge in [0.05, 0.1) is 0 Å². The summed E-state index contributed by atoms with van der Waals surface area (Å²) in [5, 5.41) is 0. The number of hydrogen-bond donors (Lipinski definition) is 1. The molecule has 1 unspecified atom stereocenters. The van der Waals surface area contributed by atoms with Crippen molar-refractivity contribution in [3.05, 3.63) is 21.7 Å². The van der Waals surface area contributed by atoms with E-state index in [-0.39, 0.29) is 0 Å². The summed E-state index contributed by atoms with van der Waals surface area (Å²) in [6, 6.07) is 0. The number of aromatic nitrogens is 2. The molecule has 1 aliphatic carbocycles. The summed E-state index contributed by atoms with van der Waals surface area (Å²) in [5.41, 5.74) is 2.79. The lowest BCUT2D eigenvalue weighted by Gasteiger charge is -2.08. The smallest absolute Gasteiger partial charge is 0.133 e. The van der Waals surface area contributed by atoms with Crippen LogP contribution >= 0.6 is 12.2 Å². The zero-order valence-corrected chi connectivity index (χ0v) is 10.7. The van der Waals surface area contributed by atoms with Gasteiger partial charge in [0, 0.05) is 17.2 Å². The van der Waals surface area contributed by atoms with E-state index in [9.17, 15) is 0 Å². The molecule has 0 aliphatic heterocycles. The molecule has 1 heterocycles. The molecule has 1 aromatic heterocycles. The topological polar surface area (TPSA) is 28.7 Å². The molecule has 0 radical (unpaired) electrons. The van der Waals surface area contributed by atoms with E-state index in [0.717, 1.165) is 16.9 Å². The van der Waals surface area contributed by atoms with Crippen LogP contribution in [-0.4, -0.2) is 9.97 Å². The Balaban J connectivity index is 2.41. The first-order valence-corrected chi connectivity index (χ1v) is 5.96. The predicted molar refractivity (Wildman–Crippen MR) is 64.7 cm³/mol. The minimum Gasteiger partial charge on any atom is -0.347 e. The van der Waals surface area contributed by atoms with Crippen LogP contribution in [0.25, 0.3) is 0 Å². The molecule has 15 heavy (non-hydrogen) atoms. The van der Waals surface area contributed by atoms with Crippen molar-refractivity contribution in [2.24, 2.45) is 5.41 Å². The average Bonchev–Trinajstić information content (AvgIpc) is 2.74. The van der Waals surface area contributed by atoms with Crippen LogP contribution in [0.1, 0.15) is 50.2 Å². The van der Waals surface area contributed by atoms with Gasteiger partial charge in [0.15, 0.2) is 0 Å². The van der Waals surface area contributed by atoms with Gasteiger partial charge in [-0.25, -0.2) is 4.98 Å². The first-order valence-electron chi connectivity index (χ1n) is 5.55. The van der Waals surface area contributed by atoms with Gasteiger partial charge >= 0.3 is 0 Å². The van der Waals surface area contributed by atoms with Crippen LogP contribution in [0.5, 0.6) is 0 Å². The normalized spacial score (nSPS) is 22.8. The standard InChI is InChI=1S/C12H18N2S/c1-5-8-7(2)13-10(14-11(8)15)9-6-12(9,3)4/h9H,5-6H2,1-4H3,(H,13,14,15). The maximum atomic E-state index is 5.32. The lowest BCUT2D eigenvalue weighted by molar-refractivity contribution is 0.606.